The summed E-state index contributed by atoms with van der Waals surface area (Å²) in [6.45, 7) is 2.05. The van der Waals surface area contributed by atoms with Gasteiger partial charge >= 0.3 is 0 Å². The second-order valence-corrected chi connectivity index (χ2v) is 3.76. The van der Waals surface area contributed by atoms with Crippen LogP contribution in [0.1, 0.15) is 12.5 Å². The molecular formula is C9H12O2S. The van der Waals surface area contributed by atoms with E-state index in [0.29, 0.717) is 12.2 Å². The van der Waals surface area contributed by atoms with E-state index in [0.717, 1.165) is 11.3 Å². The predicted molar refractivity (Wildman–Crippen MR) is 50.4 cm³/mol. The van der Waals surface area contributed by atoms with E-state index >= 15 is 0 Å². The number of ketones is 1. The minimum absolute atomic E-state index is 0.267. The molecule has 0 saturated carbocycles. The Balaban J connectivity index is 2.27. The average molecular weight is 184 g/mol. The van der Waals surface area contributed by atoms with E-state index in [4.69, 9.17) is 4.42 Å². The van der Waals surface area contributed by atoms with Gasteiger partial charge in [0.1, 0.15) is 5.78 Å². The van der Waals surface area contributed by atoms with Gasteiger partial charge in [-0.05, 0) is 17.4 Å². The molecule has 0 spiro atoms. The molecule has 12 heavy (non-hydrogen) atoms. The highest BCUT2D eigenvalue weighted by molar-refractivity contribution is 7.99. The van der Waals surface area contributed by atoms with Crippen LogP contribution in [0.25, 0.3) is 0 Å². The molecule has 1 heterocycles. The summed E-state index contributed by atoms with van der Waals surface area (Å²) in [5.41, 5.74) is 0.969. The Labute approximate surface area is 76.3 Å². The lowest BCUT2D eigenvalue weighted by molar-refractivity contribution is -0.116. The average Bonchev–Trinajstić information content (AvgIpc) is 2.53. The van der Waals surface area contributed by atoms with Crippen LogP contribution in [0.15, 0.2) is 23.0 Å². The van der Waals surface area contributed by atoms with Crippen LogP contribution in [-0.4, -0.2) is 17.3 Å². The summed E-state index contributed by atoms with van der Waals surface area (Å²) in [5.74, 6) is 1.88. The second kappa shape index (κ2) is 5.04. The fourth-order valence-corrected chi connectivity index (χ4v) is 1.42. The van der Waals surface area contributed by atoms with Gasteiger partial charge in [0.05, 0.1) is 18.3 Å². The Hall–Kier alpha value is -0.700. The summed E-state index contributed by atoms with van der Waals surface area (Å²) in [7, 11) is 0. The number of furan rings is 1. The molecule has 1 aromatic heterocycles. The van der Waals surface area contributed by atoms with Gasteiger partial charge in [-0.15, -0.1) is 0 Å². The van der Waals surface area contributed by atoms with E-state index < -0.39 is 0 Å². The van der Waals surface area contributed by atoms with Crippen molar-refractivity contribution in [2.24, 2.45) is 0 Å². The van der Waals surface area contributed by atoms with Crippen molar-refractivity contribution in [3.63, 3.8) is 0 Å². The van der Waals surface area contributed by atoms with E-state index in [1.165, 1.54) is 0 Å². The zero-order valence-corrected chi connectivity index (χ0v) is 7.89. The maximum atomic E-state index is 11.2. The molecule has 0 bridgehead atoms. The minimum atomic E-state index is 0.267. The lowest BCUT2D eigenvalue weighted by atomic mass is 10.2. The normalized spacial score (nSPS) is 10.1. The molecule has 2 nitrogen and oxygen atoms in total. The highest BCUT2D eigenvalue weighted by Crippen LogP contribution is 2.05. The van der Waals surface area contributed by atoms with Crippen LogP contribution < -0.4 is 0 Å². The van der Waals surface area contributed by atoms with E-state index in [9.17, 15) is 4.79 Å². The SMILES string of the molecule is CCSCC(=O)Cc1ccoc1. The molecule has 0 aromatic carbocycles. The molecule has 0 radical (unpaired) electrons. The lowest BCUT2D eigenvalue weighted by Gasteiger charge is -1.95. The molecule has 0 N–H and O–H groups in total. The largest absolute Gasteiger partial charge is 0.472 e. The number of thioether (sulfide) groups is 1. The van der Waals surface area contributed by atoms with Crippen molar-refractivity contribution in [3.05, 3.63) is 24.2 Å². The van der Waals surface area contributed by atoms with Crippen LogP contribution in [-0.2, 0) is 11.2 Å². The molecule has 66 valence electrons. The quantitative estimate of drug-likeness (QED) is 0.702. The Morgan fingerprint density at radius 3 is 3.08 bits per heavy atom. The maximum Gasteiger partial charge on any atom is 0.147 e. The predicted octanol–water partition coefficient (Wildman–Crippen LogP) is 2.14. The maximum absolute atomic E-state index is 11.2. The van der Waals surface area contributed by atoms with Crippen LogP contribution in [0.5, 0.6) is 0 Å². The Morgan fingerprint density at radius 2 is 2.50 bits per heavy atom. The molecule has 0 aliphatic heterocycles. The zero-order chi connectivity index (χ0) is 8.81. The monoisotopic (exact) mass is 184 g/mol. The zero-order valence-electron chi connectivity index (χ0n) is 7.08. The van der Waals surface area contributed by atoms with Crippen molar-refractivity contribution >= 4 is 17.5 Å². The Bertz CT molecular complexity index is 229. The van der Waals surface area contributed by atoms with Gasteiger partial charge in [0.15, 0.2) is 0 Å². The topological polar surface area (TPSA) is 30.2 Å². The van der Waals surface area contributed by atoms with Crippen LogP contribution in [0.3, 0.4) is 0 Å². The van der Waals surface area contributed by atoms with E-state index in [-0.39, 0.29) is 5.78 Å². The van der Waals surface area contributed by atoms with E-state index in [1.807, 2.05) is 6.07 Å². The molecule has 0 aliphatic rings. The van der Waals surface area contributed by atoms with E-state index in [1.54, 1.807) is 24.3 Å². The fourth-order valence-electron chi connectivity index (χ4n) is 0.888. The summed E-state index contributed by atoms with van der Waals surface area (Å²) < 4.78 is 4.86. The molecular weight excluding hydrogens is 172 g/mol. The molecule has 0 fully saturated rings. The van der Waals surface area contributed by atoms with Crippen molar-refractivity contribution in [3.8, 4) is 0 Å². The molecule has 3 heteroatoms. The van der Waals surface area contributed by atoms with Gasteiger partial charge in [-0.25, -0.2) is 0 Å². The Kier molecular flexibility index (Phi) is 3.94. The van der Waals surface area contributed by atoms with Gasteiger partial charge < -0.3 is 4.42 Å². The van der Waals surface area contributed by atoms with Crippen LogP contribution in [0, 0.1) is 0 Å². The number of hydrogen-bond acceptors (Lipinski definition) is 3. The number of hydrogen-bond donors (Lipinski definition) is 0. The first kappa shape index (κ1) is 9.39. The molecule has 0 unspecified atom stereocenters. The summed E-state index contributed by atoms with van der Waals surface area (Å²) in [4.78, 5) is 11.2. The first-order valence-electron chi connectivity index (χ1n) is 3.93. The van der Waals surface area contributed by atoms with Crippen molar-refractivity contribution < 1.29 is 9.21 Å². The van der Waals surface area contributed by atoms with Crippen LogP contribution in [0.4, 0.5) is 0 Å². The third-order valence-corrected chi connectivity index (χ3v) is 2.38. The number of rotatable bonds is 5. The summed E-state index contributed by atoms with van der Waals surface area (Å²) >= 11 is 1.66. The first-order valence-corrected chi connectivity index (χ1v) is 5.09. The summed E-state index contributed by atoms with van der Waals surface area (Å²) in [6.07, 6.45) is 3.72. The van der Waals surface area contributed by atoms with Crippen molar-refractivity contribution in [1.29, 1.82) is 0 Å². The van der Waals surface area contributed by atoms with Gasteiger partial charge in [-0.2, -0.15) is 11.8 Å². The van der Waals surface area contributed by atoms with Crippen molar-refractivity contribution in [2.45, 2.75) is 13.3 Å². The molecule has 1 rings (SSSR count). The number of carbonyl (C=O) groups excluding carboxylic acids is 1. The smallest absolute Gasteiger partial charge is 0.147 e. The molecule has 0 atom stereocenters. The molecule has 1 aromatic rings. The fraction of sp³-hybridized carbons (Fsp3) is 0.444. The highest BCUT2D eigenvalue weighted by Gasteiger charge is 2.03. The van der Waals surface area contributed by atoms with Crippen LogP contribution >= 0.6 is 11.8 Å². The minimum Gasteiger partial charge on any atom is -0.472 e. The Morgan fingerprint density at radius 1 is 1.67 bits per heavy atom. The van der Waals surface area contributed by atoms with Gasteiger partial charge in [0.25, 0.3) is 0 Å². The molecule has 0 amide bonds. The number of Topliss-reactive ketones (excluding diaryl/α,β-unsaturated/α-hetero) is 1. The summed E-state index contributed by atoms with van der Waals surface area (Å²) in [5, 5.41) is 0. The molecule has 0 aliphatic carbocycles. The number of carbonyl (C=O) groups is 1. The molecule has 0 saturated heterocycles. The van der Waals surface area contributed by atoms with Gasteiger partial charge in [0, 0.05) is 6.42 Å². The van der Waals surface area contributed by atoms with Gasteiger partial charge in [-0.3, -0.25) is 4.79 Å². The third-order valence-electron chi connectivity index (χ3n) is 1.45. The van der Waals surface area contributed by atoms with Crippen molar-refractivity contribution in [2.75, 3.05) is 11.5 Å². The van der Waals surface area contributed by atoms with Gasteiger partial charge in [-0.1, -0.05) is 6.92 Å². The van der Waals surface area contributed by atoms with E-state index in [2.05, 4.69) is 6.92 Å². The second-order valence-electron chi connectivity index (χ2n) is 2.48. The van der Waals surface area contributed by atoms with Crippen LogP contribution in [0.2, 0.25) is 0 Å². The third kappa shape index (κ3) is 3.13. The summed E-state index contributed by atoms with van der Waals surface area (Å²) in [6, 6.07) is 1.83. The lowest BCUT2D eigenvalue weighted by Crippen LogP contribution is -2.04. The highest BCUT2D eigenvalue weighted by atomic mass is 32.2. The van der Waals surface area contributed by atoms with Gasteiger partial charge in [0.2, 0.25) is 0 Å². The first-order chi connectivity index (χ1) is 5.83. The van der Waals surface area contributed by atoms with Crippen molar-refractivity contribution in [1.82, 2.24) is 0 Å². The standard InChI is InChI=1S/C9H12O2S/c1-2-12-7-9(10)5-8-3-4-11-6-8/h3-4,6H,2,5,7H2,1H3.